The van der Waals surface area contributed by atoms with Crippen molar-refractivity contribution in [1.82, 2.24) is 24.5 Å². The molecule has 200 valence electrons. The number of hydrogen-bond donors (Lipinski definition) is 1. The lowest BCUT2D eigenvalue weighted by molar-refractivity contribution is 0.0170. The Kier molecular flexibility index (Phi) is 7.64. The molecular weight excluding hydrogens is 570 g/mol. The van der Waals surface area contributed by atoms with Crippen molar-refractivity contribution in [3.05, 3.63) is 74.6 Å². The number of methoxy groups -OCH3 is 1. The number of aliphatic hydroxyl groups is 1. The van der Waals surface area contributed by atoms with Crippen LogP contribution in [0.5, 0.6) is 0 Å². The van der Waals surface area contributed by atoms with Gasteiger partial charge in [-0.1, -0.05) is 32.7 Å². The second kappa shape index (κ2) is 10.8. The van der Waals surface area contributed by atoms with Gasteiger partial charge in [-0.2, -0.15) is 0 Å². The smallest absolute Gasteiger partial charge is 0.253 e. The van der Waals surface area contributed by atoms with Gasteiger partial charge < -0.3 is 19.3 Å². The van der Waals surface area contributed by atoms with Crippen molar-refractivity contribution in [2.75, 3.05) is 26.8 Å². The summed E-state index contributed by atoms with van der Waals surface area (Å²) in [5.74, 6) is -0.0249. The van der Waals surface area contributed by atoms with Gasteiger partial charge in [0.15, 0.2) is 0 Å². The maximum absolute atomic E-state index is 13.5. The van der Waals surface area contributed by atoms with Crippen molar-refractivity contribution in [3.8, 4) is 5.69 Å². The van der Waals surface area contributed by atoms with Gasteiger partial charge in [-0.3, -0.25) is 4.79 Å². The molecule has 1 amide bonds. The molecule has 2 aromatic carbocycles. The first-order valence-electron chi connectivity index (χ1n) is 12.7. The Morgan fingerprint density at radius 2 is 2.00 bits per heavy atom. The normalized spacial score (nSPS) is 18.2. The van der Waals surface area contributed by atoms with Crippen LogP contribution in [-0.4, -0.2) is 62.3 Å². The first-order chi connectivity index (χ1) is 18.2. The number of halogens is 2. The van der Waals surface area contributed by atoms with E-state index < -0.39 is 5.60 Å². The molecule has 1 aliphatic heterocycles. The lowest BCUT2D eigenvalue weighted by Crippen LogP contribution is -2.33. The fourth-order valence-electron chi connectivity index (χ4n) is 5.28. The van der Waals surface area contributed by atoms with Crippen molar-refractivity contribution in [1.29, 1.82) is 0 Å². The summed E-state index contributed by atoms with van der Waals surface area (Å²) < 4.78 is 9.96. The van der Waals surface area contributed by atoms with E-state index in [1.165, 1.54) is 11.3 Å². The average Bonchev–Trinajstić information content (AvgIpc) is 3.41. The van der Waals surface area contributed by atoms with E-state index in [2.05, 4.69) is 44.7 Å². The van der Waals surface area contributed by atoms with Crippen LogP contribution in [0.1, 0.15) is 46.6 Å². The maximum atomic E-state index is 13.5. The number of carbonyl (C=O) groups excluding carboxylic acids is 1. The summed E-state index contributed by atoms with van der Waals surface area (Å²) in [5, 5.41) is 21.6. The number of ether oxygens (including phenoxy) is 1. The van der Waals surface area contributed by atoms with Gasteiger partial charge >= 0.3 is 0 Å². The zero-order valence-electron chi connectivity index (χ0n) is 21.7. The minimum Gasteiger partial charge on any atom is -0.383 e. The van der Waals surface area contributed by atoms with E-state index in [4.69, 9.17) is 16.3 Å². The van der Waals surface area contributed by atoms with Crippen LogP contribution in [0.2, 0.25) is 5.02 Å². The van der Waals surface area contributed by atoms with Crippen molar-refractivity contribution >= 4 is 44.3 Å². The molecule has 10 heteroatoms. The Morgan fingerprint density at radius 3 is 2.76 bits per heavy atom. The number of aromatic nitrogens is 4. The highest BCUT2D eigenvalue weighted by molar-refractivity contribution is 9.10. The Morgan fingerprint density at radius 1 is 1.18 bits per heavy atom. The number of carbonyl (C=O) groups is 1. The molecule has 2 aromatic heterocycles. The third kappa shape index (κ3) is 5.00. The SMILES string of the molecule is COCCn1c(C)c(C)c2cc(C(=O)N3CCCC(O)(c4cn(-c5ccc(Br)cc5Cl)nn4)CC3)ccc21. The van der Waals surface area contributed by atoms with Gasteiger partial charge in [0.25, 0.3) is 5.91 Å². The number of amides is 1. The van der Waals surface area contributed by atoms with Gasteiger partial charge in [-0.15, -0.1) is 5.10 Å². The molecule has 1 N–H and O–H groups in total. The zero-order valence-corrected chi connectivity index (χ0v) is 24.1. The molecular formula is C28H31BrClN5O3. The number of nitrogens with zero attached hydrogens (tertiary/aromatic N) is 5. The fourth-order valence-corrected chi connectivity index (χ4v) is 6.04. The largest absolute Gasteiger partial charge is 0.383 e. The second-order valence-corrected chi connectivity index (χ2v) is 11.2. The summed E-state index contributed by atoms with van der Waals surface area (Å²) in [4.78, 5) is 15.4. The highest BCUT2D eigenvalue weighted by atomic mass is 79.9. The van der Waals surface area contributed by atoms with E-state index in [1.807, 2.05) is 35.2 Å². The number of rotatable bonds is 6. The zero-order chi connectivity index (χ0) is 27.0. The number of hydrogen-bond acceptors (Lipinski definition) is 5. The minimum atomic E-state index is -1.18. The molecule has 1 atom stereocenters. The van der Waals surface area contributed by atoms with Gasteiger partial charge in [0, 0.05) is 53.4 Å². The lowest BCUT2D eigenvalue weighted by Gasteiger charge is -2.24. The lowest BCUT2D eigenvalue weighted by atomic mass is 9.92. The first-order valence-corrected chi connectivity index (χ1v) is 13.9. The summed E-state index contributed by atoms with van der Waals surface area (Å²) in [6.07, 6.45) is 3.24. The molecule has 1 saturated heterocycles. The third-order valence-electron chi connectivity index (χ3n) is 7.63. The fraction of sp³-hybridized carbons (Fsp3) is 0.393. The van der Waals surface area contributed by atoms with Crippen LogP contribution in [0.15, 0.2) is 47.1 Å². The summed E-state index contributed by atoms with van der Waals surface area (Å²) >= 11 is 9.79. The average molecular weight is 601 g/mol. The highest BCUT2D eigenvalue weighted by Crippen LogP contribution is 2.34. The molecule has 0 radical (unpaired) electrons. The predicted octanol–water partition coefficient (Wildman–Crippen LogP) is 5.42. The molecule has 1 aliphatic rings. The third-order valence-corrected chi connectivity index (χ3v) is 8.43. The topological polar surface area (TPSA) is 85.4 Å². The molecule has 1 fully saturated rings. The molecule has 4 aromatic rings. The Balaban J connectivity index is 1.34. The van der Waals surface area contributed by atoms with Gasteiger partial charge in [-0.25, -0.2) is 4.68 Å². The van der Waals surface area contributed by atoms with E-state index in [0.717, 1.165) is 21.9 Å². The minimum absolute atomic E-state index is 0.0249. The summed E-state index contributed by atoms with van der Waals surface area (Å²) in [5.41, 5.74) is 4.10. The van der Waals surface area contributed by atoms with E-state index in [-0.39, 0.29) is 5.91 Å². The van der Waals surface area contributed by atoms with Crippen LogP contribution in [0, 0.1) is 13.8 Å². The van der Waals surface area contributed by atoms with E-state index in [0.29, 0.717) is 60.9 Å². The number of fused-ring (bicyclic) bond motifs is 1. The maximum Gasteiger partial charge on any atom is 0.253 e. The summed E-state index contributed by atoms with van der Waals surface area (Å²) in [6, 6.07) is 11.4. The highest BCUT2D eigenvalue weighted by Gasteiger charge is 2.36. The van der Waals surface area contributed by atoms with Crippen molar-refractivity contribution in [3.63, 3.8) is 0 Å². The summed E-state index contributed by atoms with van der Waals surface area (Å²) in [6.45, 7) is 6.58. The quantitative estimate of drug-likeness (QED) is 0.320. The predicted molar refractivity (Wildman–Crippen MR) is 151 cm³/mol. The number of aryl methyl sites for hydroxylation is 1. The number of likely N-dealkylation sites (tertiary alicyclic amines) is 1. The Labute approximate surface area is 235 Å². The van der Waals surface area contributed by atoms with Crippen molar-refractivity contribution in [2.24, 2.45) is 0 Å². The van der Waals surface area contributed by atoms with Gasteiger partial charge in [0.1, 0.15) is 11.3 Å². The first kappa shape index (κ1) is 26.9. The van der Waals surface area contributed by atoms with Gasteiger partial charge in [0.05, 0.1) is 23.5 Å². The molecule has 5 rings (SSSR count). The Bertz CT molecular complexity index is 1500. The molecule has 0 aliphatic carbocycles. The van der Waals surface area contributed by atoms with Crippen LogP contribution >= 0.6 is 27.5 Å². The van der Waals surface area contributed by atoms with Crippen LogP contribution in [-0.2, 0) is 16.9 Å². The van der Waals surface area contributed by atoms with Crippen LogP contribution < -0.4 is 0 Å². The molecule has 0 spiro atoms. The van der Waals surface area contributed by atoms with Crippen LogP contribution in [0.25, 0.3) is 16.6 Å². The van der Waals surface area contributed by atoms with Crippen molar-refractivity contribution < 1.29 is 14.6 Å². The Hall–Kier alpha value is -2.72. The molecule has 8 nitrogen and oxygen atoms in total. The monoisotopic (exact) mass is 599 g/mol. The molecule has 38 heavy (non-hydrogen) atoms. The van der Waals surface area contributed by atoms with E-state index in [1.54, 1.807) is 24.1 Å². The molecule has 3 heterocycles. The van der Waals surface area contributed by atoms with Crippen LogP contribution in [0.3, 0.4) is 0 Å². The van der Waals surface area contributed by atoms with Gasteiger partial charge in [0.2, 0.25) is 0 Å². The standard InChI is InChI=1S/C28H31BrClN5O3/c1-18-19(2)34(13-14-38-3)24-7-5-20(15-22(18)24)27(36)33-11-4-9-28(37,10-12-33)26-17-35(32-31-26)25-8-6-21(29)16-23(25)30/h5-8,15-17,37H,4,9-14H2,1-3H3. The second-order valence-electron chi connectivity index (χ2n) is 9.91. The van der Waals surface area contributed by atoms with E-state index in [9.17, 15) is 9.90 Å². The van der Waals surface area contributed by atoms with Crippen LogP contribution in [0.4, 0.5) is 0 Å². The number of benzene rings is 2. The molecule has 0 saturated carbocycles. The van der Waals surface area contributed by atoms with Gasteiger partial charge in [-0.05, 0) is 75.1 Å². The molecule has 0 bridgehead atoms. The summed E-state index contributed by atoms with van der Waals surface area (Å²) in [7, 11) is 1.70. The molecule has 1 unspecified atom stereocenters. The van der Waals surface area contributed by atoms with Crippen molar-refractivity contribution in [2.45, 2.75) is 45.3 Å². The van der Waals surface area contributed by atoms with E-state index >= 15 is 0 Å².